The minimum absolute atomic E-state index is 0.164. The molecule has 0 aromatic heterocycles. The molecule has 1 aromatic carbocycles. The number of benzene rings is 1. The second-order valence-electron chi connectivity index (χ2n) is 3.78. The minimum Gasteiger partial charge on any atom is -0.324 e. The van der Waals surface area contributed by atoms with Crippen LogP contribution in [-0.2, 0) is 4.79 Å². The van der Waals surface area contributed by atoms with Crippen LogP contribution < -0.4 is 11.1 Å². The Labute approximate surface area is 115 Å². The Kier molecular flexibility index (Phi) is 4.30. The first kappa shape index (κ1) is 15.3. The molecule has 1 aromatic rings. The highest BCUT2D eigenvalue weighted by Gasteiger charge is 2.53. The van der Waals surface area contributed by atoms with Gasteiger partial charge in [-0.1, -0.05) is 11.6 Å². The van der Waals surface area contributed by atoms with E-state index in [0.717, 1.165) is 0 Å². The molecular formula is C10H9BrClF3N2O. The number of carbonyl (C=O) groups is 1. The third-order valence-electron chi connectivity index (χ3n) is 2.24. The first-order chi connectivity index (χ1) is 8.05. The van der Waals surface area contributed by atoms with Gasteiger partial charge < -0.3 is 11.1 Å². The highest BCUT2D eigenvalue weighted by Crippen LogP contribution is 2.30. The maximum absolute atomic E-state index is 12.5. The zero-order chi connectivity index (χ0) is 14.1. The van der Waals surface area contributed by atoms with Gasteiger partial charge >= 0.3 is 6.18 Å². The molecule has 8 heteroatoms. The van der Waals surface area contributed by atoms with Crippen LogP contribution in [0.1, 0.15) is 6.92 Å². The van der Waals surface area contributed by atoms with Crippen LogP contribution in [0.3, 0.4) is 0 Å². The average Bonchev–Trinajstić information content (AvgIpc) is 2.21. The molecule has 0 fully saturated rings. The molecule has 0 saturated heterocycles. The van der Waals surface area contributed by atoms with Crippen molar-refractivity contribution >= 4 is 39.1 Å². The number of alkyl halides is 3. The van der Waals surface area contributed by atoms with Gasteiger partial charge in [-0.3, -0.25) is 4.79 Å². The first-order valence-corrected chi connectivity index (χ1v) is 5.85. The summed E-state index contributed by atoms with van der Waals surface area (Å²) in [5.41, 5.74) is 2.18. The van der Waals surface area contributed by atoms with E-state index in [2.05, 4.69) is 21.2 Å². The normalized spacial score (nSPS) is 15.1. The van der Waals surface area contributed by atoms with Crippen molar-refractivity contribution in [3.05, 3.63) is 27.7 Å². The highest BCUT2D eigenvalue weighted by atomic mass is 79.9. The third-order valence-corrected chi connectivity index (χ3v) is 3.45. The van der Waals surface area contributed by atoms with Gasteiger partial charge in [-0.25, -0.2) is 0 Å². The van der Waals surface area contributed by atoms with Crippen molar-refractivity contribution in [3.8, 4) is 0 Å². The molecule has 0 radical (unpaired) electrons. The minimum atomic E-state index is -4.83. The molecule has 1 rings (SSSR count). The number of nitrogens with one attached hydrogen (secondary N) is 1. The fraction of sp³-hybridized carbons (Fsp3) is 0.300. The predicted octanol–water partition coefficient (Wildman–Crippen LogP) is 3.32. The van der Waals surface area contributed by atoms with Crippen LogP contribution in [0.15, 0.2) is 22.7 Å². The summed E-state index contributed by atoms with van der Waals surface area (Å²) in [6.07, 6.45) is -4.83. The van der Waals surface area contributed by atoms with E-state index in [0.29, 0.717) is 16.4 Å². The number of hydrogen-bond acceptors (Lipinski definition) is 2. The smallest absolute Gasteiger partial charge is 0.324 e. The molecular weight excluding hydrogens is 336 g/mol. The molecule has 1 atom stereocenters. The van der Waals surface area contributed by atoms with Crippen LogP contribution in [-0.4, -0.2) is 17.6 Å². The van der Waals surface area contributed by atoms with Crippen molar-refractivity contribution in [3.63, 3.8) is 0 Å². The summed E-state index contributed by atoms with van der Waals surface area (Å²) in [6.45, 7) is 0.604. The molecule has 3 nitrogen and oxygen atoms in total. The fourth-order valence-corrected chi connectivity index (χ4v) is 1.46. The number of anilines is 1. The van der Waals surface area contributed by atoms with Crippen LogP contribution in [0.2, 0.25) is 5.02 Å². The van der Waals surface area contributed by atoms with Crippen LogP contribution in [0, 0.1) is 0 Å². The van der Waals surface area contributed by atoms with E-state index in [1.165, 1.54) is 18.2 Å². The molecule has 18 heavy (non-hydrogen) atoms. The molecule has 0 aliphatic heterocycles. The maximum Gasteiger partial charge on any atom is 0.415 e. The number of amides is 1. The molecule has 0 saturated carbocycles. The Morgan fingerprint density at radius 2 is 2.00 bits per heavy atom. The van der Waals surface area contributed by atoms with E-state index < -0.39 is 17.6 Å². The highest BCUT2D eigenvalue weighted by molar-refractivity contribution is 9.10. The van der Waals surface area contributed by atoms with Crippen LogP contribution in [0.25, 0.3) is 0 Å². The molecule has 0 aliphatic carbocycles. The summed E-state index contributed by atoms with van der Waals surface area (Å²) in [6, 6.07) is 4.19. The van der Waals surface area contributed by atoms with Crippen molar-refractivity contribution < 1.29 is 18.0 Å². The van der Waals surface area contributed by atoms with E-state index in [-0.39, 0.29) is 5.69 Å². The van der Waals surface area contributed by atoms with Gasteiger partial charge in [0.15, 0.2) is 5.54 Å². The van der Waals surface area contributed by atoms with Crippen LogP contribution in [0.4, 0.5) is 18.9 Å². The van der Waals surface area contributed by atoms with Crippen molar-refractivity contribution in [2.75, 3.05) is 5.32 Å². The van der Waals surface area contributed by atoms with Crippen LogP contribution in [0.5, 0.6) is 0 Å². The zero-order valence-electron chi connectivity index (χ0n) is 9.11. The van der Waals surface area contributed by atoms with Gasteiger partial charge in [0.2, 0.25) is 0 Å². The van der Waals surface area contributed by atoms with E-state index >= 15 is 0 Å². The summed E-state index contributed by atoms with van der Waals surface area (Å²) in [5.74, 6) is -1.34. The topological polar surface area (TPSA) is 55.1 Å². The SMILES string of the molecule is CC(N)(C(=O)Nc1ccc(Cl)c(Br)c1)C(F)(F)F. The Bertz CT molecular complexity index is 477. The third kappa shape index (κ3) is 3.15. The standard InChI is InChI=1S/C10H9BrClF3N2O/c1-9(16,10(13,14)15)8(18)17-5-2-3-7(12)6(11)4-5/h2-4H,16H2,1H3,(H,17,18). The zero-order valence-corrected chi connectivity index (χ0v) is 11.4. The van der Waals surface area contributed by atoms with Gasteiger partial charge in [0.1, 0.15) is 0 Å². The maximum atomic E-state index is 12.5. The molecule has 100 valence electrons. The predicted molar refractivity (Wildman–Crippen MR) is 66.4 cm³/mol. The summed E-state index contributed by atoms with van der Waals surface area (Å²) < 4.78 is 38.0. The summed E-state index contributed by atoms with van der Waals surface area (Å²) in [4.78, 5) is 11.5. The van der Waals surface area contributed by atoms with Gasteiger partial charge in [-0.15, -0.1) is 0 Å². The lowest BCUT2D eigenvalue weighted by Crippen LogP contribution is -2.59. The summed E-state index contributed by atoms with van der Waals surface area (Å²) in [5, 5.41) is 2.46. The molecule has 0 aliphatic rings. The lowest BCUT2D eigenvalue weighted by molar-refractivity contribution is -0.184. The van der Waals surface area contributed by atoms with E-state index in [4.69, 9.17) is 17.3 Å². The fourth-order valence-electron chi connectivity index (χ4n) is 0.964. The number of rotatable bonds is 2. The lowest BCUT2D eigenvalue weighted by atomic mass is 10.0. The lowest BCUT2D eigenvalue weighted by Gasteiger charge is -2.26. The summed E-state index contributed by atoms with van der Waals surface area (Å²) in [7, 11) is 0. The van der Waals surface area contributed by atoms with Gasteiger partial charge in [-0.2, -0.15) is 13.2 Å². The average molecular weight is 346 g/mol. The number of carbonyl (C=O) groups excluding carboxylic acids is 1. The molecule has 1 amide bonds. The Balaban J connectivity index is 2.91. The van der Waals surface area contributed by atoms with Crippen LogP contribution >= 0.6 is 27.5 Å². The molecule has 0 spiro atoms. The van der Waals surface area contributed by atoms with Gasteiger partial charge in [0.25, 0.3) is 5.91 Å². The molecule has 3 N–H and O–H groups in total. The number of halogens is 5. The second kappa shape index (κ2) is 5.07. The Morgan fingerprint density at radius 1 is 1.44 bits per heavy atom. The van der Waals surface area contributed by atoms with Crippen molar-refractivity contribution in [1.82, 2.24) is 0 Å². The molecule has 0 bridgehead atoms. The monoisotopic (exact) mass is 344 g/mol. The first-order valence-electron chi connectivity index (χ1n) is 4.68. The van der Waals surface area contributed by atoms with Gasteiger partial charge in [-0.05, 0) is 41.1 Å². The molecule has 1 unspecified atom stereocenters. The van der Waals surface area contributed by atoms with Crippen molar-refractivity contribution in [1.29, 1.82) is 0 Å². The van der Waals surface area contributed by atoms with Crippen molar-refractivity contribution in [2.24, 2.45) is 5.73 Å². The van der Waals surface area contributed by atoms with E-state index in [1.54, 1.807) is 0 Å². The Hall–Kier alpha value is -0.790. The van der Waals surface area contributed by atoms with Gasteiger partial charge in [0.05, 0.1) is 5.02 Å². The van der Waals surface area contributed by atoms with Crippen molar-refractivity contribution in [2.45, 2.75) is 18.6 Å². The molecule has 0 heterocycles. The largest absolute Gasteiger partial charge is 0.415 e. The quantitative estimate of drug-likeness (QED) is 0.864. The number of nitrogens with two attached hydrogens (primary N) is 1. The Morgan fingerprint density at radius 3 is 2.44 bits per heavy atom. The van der Waals surface area contributed by atoms with E-state index in [9.17, 15) is 18.0 Å². The summed E-state index contributed by atoms with van der Waals surface area (Å²) >= 11 is 8.80. The van der Waals surface area contributed by atoms with Gasteiger partial charge in [0, 0.05) is 10.2 Å². The number of hydrogen-bond donors (Lipinski definition) is 2. The van der Waals surface area contributed by atoms with E-state index in [1.807, 2.05) is 0 Å². The second-order valence-corrected chi connectivity index (χ2v) is 5.04.